The van der Waals surface area contributed by atoms with Gasteiger partial charge in [-0.05, 0) is 68.7 Å². The Balaban J connectivity index is 1.50. The van der Waals surface area contributed by atoms with E-state index in [1.54, 1.807) is 7.11 Å². The molecule has 1 N–H and O–H groups in total. The van der Waals surface area contributed by atoms with Crippen molar-refractivity contribution in [3.05, 3.63) is 87.6 Å². The van der Waals surface area contributed by atoms with E-state index < -0.39 is 11.2 Å². The fourth-order valence-electron chi connectivity index (χ4n) is 6.54. The Labute approximate surface area is 241 Å². The summed E-state index contributed by atoms with van der Waals surface area (Å²) >= 11 is 0. The van der Waals surface area contributed by atoms with E-state index in [0.29, 0.717) is 24.2 Å². The van der Waals surface area contributed by atoms with Crippen LogP contribution < -0.4 is 5.56 Å². The molecule has 0 saturated heterocycles. The Morgan fingerprint density at radius 3 is 2.49 bits per heavy atom. The highest BCUT2D eigenvalue weighted by molar-refractivity contribution is 5.70. The number of hydrogen-bond acceptors (Lipinski definition) is 6. The molecule has 0 spiro atoms. The lowest BCUT2D eigenvalue weighted by Gasteiger charge is -2.42. The second kappa shape index (κ2) is 11.6. The maximum absolute atomic E-state index is 14.3. The molecule has 0 radical (unpaired) electrons. The van der Waals surface area contributed by atoms with Crippen LogP contribution in [0.4, 0.5) is 0 Å². The van der Waals surface area contributed by atoms with Crippen LogP contribution in [0.1, 0.15) is 87.7 Å². The molecule has 1 fully saturated rings. The number of aromatic nitrogens is 4. The van der Waals surface area contributed by atoms with Crippen LogP contribution in [0.3, 0.4) is 0 Å². The highest BCUT2D eigenvalue weighted by atomic mass is 16.5. The van der Waals surface area contributed by atoms with Crippen LogP contribution in [-0.4, -0.2) is 42.6 Å². The first kappa shape index (κ1) is 28.7. The topological polar surface area (TPSA) is 105 Å². The predicted molar refractivity (Wildman–Crippen MR) is 159 cm³/mol. The summed E-state index contributed by atoms with van der Waals surface area (Å²) in [6, 6.07) is 17.9. The number of methoxy groups -OCH3 is 1. The SMILES string of the molecule is CCCc1c(Cc2ccc(-c3ccccc3C#N)cc2)c(=O)n(C2CCC(CC(C)(C)O)(OC)CC2)c2ncnn12. The minimum absolute atomic E-state index is 0.00902. The van der Waals surface area contributed by atoms with E-state index in [1.165, 1.54) is 6.33 Å². The van der Waals surface area contributed by atoms with Crippen molar-refractivity contribution in [1.29, 1.82) is 5.26 Å². The van der Waals surface area contributed by atoms with Crippen LogP contribution in [0, 0.1) is 11.3 Å². The third-order valence-corrected chi connectivity index (χ3v) is 8.43. The van der Waals surface area contributed by atoms with E-state index in [4.69, 9.17) is 4.74 Å². The molecular weight excluding hydrogens is 514 g/mol. The maximum Gasteiger partial charge on any atom is 0.259 e. The molecule has 0 bridgehead atoms. The summed E-state index contributed by atoms with van der Waals surface area (Å²) < 4.78 is 9.66. The molecule has 8 heteroatoms. The lowest BCUT2D eigenvalue weighted by Crippen LogP contribution is -2.44. The zero-order chi connectivity index (χ0) is 29.2. The van der Waals surface area contributed by atoms with Gasteiger partial charge in [0.05, 0.1) is 28.5 Å². The molecule has 4 aromatic rings. The molecule has 2 heterocycles. The molecule has 0 atom stereocenters. The van der Waals surface area contributed by atoms with Crippen molar-refractivity contribution >= 4 is 5.78 Å². The van der Waals surface area contributed by atoms with Gasteiger partial charge in [-0.3, -0.25) is 9.36 Å². The Morgan fingerprint density at radius 2 is 1.85 bits per heavy atom. The van der Waals surface area contributed by atoms with Crippen molar-refractivity contribution in [3.63, 3.8) is 0 Å². The molecule has 0 unspecified atom stereocenters. The first-order chi connectivity index (χ1) is 19.7. The monoisotopic (exact) mass is 553 g/mol. The third-order valence-electron chi connectivity index (χ3n) is 8.43. The second-order valence-corrected chi connectivity index (χ2v) is 12.0. The van der Waals surface area contributed by atoms with Crippen molar-refractivity contribution in [2.45, 2.75) is 89.4 Å². The number of nitrogens with zero attached hydrogens (tertiary/aromatic N) is 5. The lowest BCUT2D eigenvalue weighted by atomic mass is 9.76. The van der Waals surface area contributed by atoms with Crippen molar-refractivity contribution in [2.75, 3.05) is 7.11 Å². The molecular formula is C33H39N5O3. The summed E-state index contributed by atoms with van der Waals surface area (Å²) in [4.78, 5) is 18.8. The van der Waals surface area contributed by atoms with E-state index in [-0.39, 0.29) is 11.6 Å². The number of aliphatic hydroxyl groups is 1. The third kappa shape index (κ3) is 5.83. The van der Waals surface area contributed by atoms with E-state index in [9.17, 15) is 15.2 Å². The van der Waals surface area contributed by atoms with Crippen LogP contribution in [0.2, 0.25) is 0 Å². The minimum atomic E-state index is -0.832. The van der Waals surface area contributed by atoms with Crippen LogP contribution in [0.15, 0.2) is 59.7 Å². The second-order valence-electron chi connectivity index (χ2n) is 12.0. The van der Waals surface area contributed by atoms with Gasteiger partial charge in [0, 0.05) is 31.6 Å². The van der Waals surface area contributed by atoms with Crippen LogP contribution in [0.5, 0.6) is 0 Å². The quantitative estimate of drug-likeness (QED) is 0.288. The van der Waals surface area contributed by atoms with Crippen molar-refractivity contribution in [1.82, 2.24) is 19.2 Å². The molecule has 214 valence electrons. The summed E-state index contributed by atoms with van der Waals surface area (Å²) in [6.45, 7) is 5.74. The first-order valence-electron chi connectivity index (χ1n) is 14.5. The standard InChI is InChI=1S/C33H39N5O3/c1-5-8-29-28(19-23-11-13-24(14-12-23)27-10-7-6-9-25(27)20-34)30(39)37(31-35-22-36-38(29)31)26-15-17-33(41-4,18-16-26)21-32(2,3)40/h6-7,9-14,22,26,40H,5,8,15-19,21H2,1-4H3. The number of ether oxygens (including phenoxy) is 1. The molecule has 1 aliphatic rings. The zero-order valence-electron chi connectivity index (χ0n) is 24.4. The normalized spacial score (nSPS) is 19.4. The summed E-state index contributed by atoms with van der Waals surface area (Å²) in [5.41, 5.74) is 3.94. The number of rotatable bonds is 9. The molecule has 1 saturated carbocycles. The molecule has 2 aromatic heterocycles. The molecule has 8 nitrogen and oxygen atoms in total. The average molecular weight is 554 g/mol. The Bertz CT molecular complexity index is 1610. The summed E-state index contributed by atoms with van der Waals surface area (Å²) in [5.74, 6) is 0.586. The fourth-order valence-corrected chi connectivity index (χ4v) is 6.54. The van der Waals surface area contributed by atoms with Gasteiger partial charge in [-0.25, -0.2) is 4.52 Å². The van der Waals surface area contributed by atoms with Gasteiger partial charge in [0.2, 0.25) is 5.78 Å². The molecule has 1 aliphatic carbocycles. The summed E-state index contributed by atoms with van der Waals surface area (Å²) in [6.07, 6.45) is 7.19. The van der Waals surface area contributed by atoms with Gasteiger partial charge in [0.15, 0.2) is 0 Å². The highest BCUT2D eigenvalue weighted by Gasteiger charge is 2.40. The van der Waals surface area contributed by atoms with Crippen LogP contribution >= 0.6 is 0 Å². The molecule has 0 amide bonds. The number of nitriles is 1. The van der Waals surface area contributed by atoms with Gasteiger partial charge >= 0.3 is 0 Å². The van der Waals surface area contributed by atoms with E-state index in [2.05, 4.69) is 23.1 Å². The number of fused-ring (bicyclic) bond motifs is 1. The predicted octanol–water partition coefficient (Wildman–Crippen LogP) is 5.63. The van der Waals surface area contributed by atoms with Gasteiger partial charge in [-0.15, -0.1) is 0 Å². The Hall–Kier alpha value is -3.80. The van der Waals surface area contributed by atoms with Gasteiger partial charge in [-0.2, -0.15) is 15.3 Å². The highest BCUT2D eigenvalue weighted by Crippen LogP contribution is 2.41. The fraction of sp³-hybridized carbons (Fsp3) is 0.455. The molecule has 5 rings (SSSR count). The number of aryl methyl sites for hydroxylation is 1. The van der Waals surface area contributed by atoms with Crippen molar-refractivity contribution in [2.24, 2.45) is 0 Å². The van der Waals surface area contributed by atoms with Gasteiger partial charge in [0.1, 0.15) is 6.33 Å². The van der Waals surface area contributed by atoms with Gasteiger partial charge < -0.3 is 9.84 Å². The summed E-state index contributed by atoms with van der Waals surface area (Å²) in [5, 5.41) is 24.6. The average Bonchev–Trinajstić information content (AvgIpc) is 3.45. The Kier molecular flexibility index (Phi) is 8.12. The molecule has 2 aromatic carbocycles. The molecule has 0 aliphatic heterocycles. The minimum Gasteiger partial charge on any atom is -0.390 e. The smallest absolute Gasteiger partial charge is 0.259 e. The van der Waals surface area contributed by atoms with Gasteiger partial charge in [-0.1, -0.05) is 55.8 Å². The van der Waals surface area contributed by atoms with Crippen molar-refractivity contribution < 1.29 is 9.84 Å². The maximum atomic E-state index is 14.3. The first-order valence-corrected chi connectivity index (χ1v) is 14.5. The zero-order valence-corrected chi connectivity index (χ0v) is 24.4. The molecule has 41 heavy (non-hydrogen) atoms. The number of benzene rings is 2. The van der Waals surface area contributed by atoms with E-state index in [1.807, 2.05) is 71.5 Å². The lowest BCUT2D eigenvalue weighted by molar-refractivity contribution is -0.0977. The van der Waals surface area contributed by atoms with Crippen molar-refractivity contribution in [3.8, 4) is 17.2 Å². The summed E-state index contributed by atoms with van der Waals surface area (Å²) in [7, 11) is 1.72. The number of hydrogen-bond donors (Lipinski definition) is 1. The van der Waals surface area contributed by atoms with E-state index in [0.717, 1.165) is 66.5 Å². The van der Waals surface area contributed by atoms with Crippen LogP contribution in [-0.2, 0) is 17.6 Å². The van der Waals surface area contributed by atoms with Crippen LogP contribution in [0.25, 0.3) is 16.9 Å². The Morgan fingerprint density at radius 1 is 1.15 bits per heavy atom. The van der Waals surface area contributed by atoms with E-state index >= 15 is 0 Å². The largest absolute Gasteiger partial charge is 0.390 e. The van der Waals surface area contributed by atoms with Gasteiger partial charge in [0.25, 0.3) is 5.56 Å².